The van der Waals surface area contributed by atoms with Crippen LogP contribution in [0.25, 0.3) is 0 Å². The van der Waals surface area contributed by atoms with Crippen LogP contribution in [0, 0.1) is 0 Å². The molecular weight excluding hydrogens is 171 g/mol. The van der Waals surface area contributed by atoms with E-state index in [1.807, 2.05) is 0 Å². The Morgan fingerprint density at radius 3 is 2.50 bits per heavy atom. The second kappa shape index (κ2) is 2.69. The van der Waals surface area contributed by atoms with Crippen molar-refractivity contribution in [2.24, 2.45) is 0 Å². The summed E-state index contributed by atoms with van der Waals surface area (Å²) in [6.45, 7) is 1.73. The maximum atomic E-state index is 12.2. The Morgan fingerprint density at radius 2 is 2.17 bits per heavy atom. The summed E-state index contributed by atoms with van der Waals surface area (Å²) in [4.78, 5) is 0. The average molecular weight is 179 g/mol. The van der Waals surface area contributed by atoms with E-state index in [0.717, 1.165) is 10.9 Å². The summed E-state index contributed by atoms with van der Waals surface area (Å²) in [5, 5.41) is 3.47. The molecule has 0 saturated carbocycles. The fraction of sp³-hybridized carbons (Fsp3) is 0.500. The molecule has 0 aliphatic heterocycles. The van der Waals surface area contributed by atoms with Crippen LogP contribution in [0.5, 0.6) is 0 Å². The Hall–Kier alpha value is -1.20. The fourth-order valence-electron chi connectivity index (χ4n) is 0.950. The third-order valence-corrected chi connectivity index (χ3v) is 1.44. The zero-order valence-corrected chi connectivity index (χ0v) is 6.39. The molecule has 6 heteroatoms. The van der Waals surface area contributed by atoms with Gasteiger partial charge in [0.2, 0.25) is 0 Å². The predicted molar refractivity (Wildman–Crippen MR) is 37.3 cm³/mol. The highest BCUT2D eigenvalue weighted by Crippen LogP contribution is 2.32. The molecular formula is C6H8F3N3. The zero-order valence-electron chi connectivity index (χ0n) is 6.39. The molecule has 0 radical (unpaired) electrons. The molecule has 0 spiro atoms. The summed E-state index contributed by atoms with van der Waals surface area (Å²) >= 11 is 0. The number of rotatable bonds is 1. The van der Waals surface area contributed by atoms with Crippen LogP contribution in [0.3, 0.4) is 0 Å². The van der Waals surface area contributed by atoms with Gasteiger partial charge in [0.15, 0.2) is 5.69 Å². The van der Waals surface area contributed by atoms with Crippen molar-refractivity contribution >= 4 is 5.69 Å². The minimum absolute atomic E-state index is 0.159. The fourth-order valence-corrected chi connectivity index (χ4v) is 0.950. The summed E-state index contributed by atoms with van der Waals surface area (Å²) in [5.74, 6) is 0. The zero-order chi connectivity index (χ0) is 9.35. The third-order valence-electron chi connectivity index (χ3n) is 1.44. The highest BCUT2D eigenvalue weighted by Gasteiger charge is 2.37. The van der Waals surface area contributed by atoms with Crippen molar-refractivity contribution in [3.05, 3.63) is 11.9 Å². The topological polar surface area (TPSA) is 43.8 Å². The first-order valence-electron chi connectivity index (χ1n) is 3.35. The molecule has 12 heavy (non-hydrogen) atoms. The van der Waals surface area contributed by atoms with E-state index in [1.165, 1.54) is 0 Å². The van der Waals surface area contributed by atoms with Gasteiger partial charge in [-0.15, -0.1) is 0 Å². The molecule has 1 rings (SSSR count). The quantitative estimate of drug-likeness (QED) is 0.710. The van der Waals surface area contributed by atoms with Gasteiger partial charge in [0, 0.05) is 6.54 Å². The normalized spacial score (nSPS) is 12.0. The lowest BCUT2D eigenvalue weighted by molar-refractivity contribution is -0.143. The number of nitrogens with zero attached hydrogens (tertiary/aromatic N) is 2. The number of aryl methyl sites for hydroxylation is 1. The summed E-state index contributed by atoms with van der Waals surface area (Å²) < 4.78 is 37.4. The lowest BCUT2D eigenvalue weighted by atomic mass is 10.3. The molecule has 3 nitrogen and oxygen atoms in total. The average Bonchev–Trinajstić information content (AvgIpc) is 2.29. The van der Waals surface area contributed by atoms with Gasteiger partial charge in [-0.2, -0.15) is 18.3 Å². The van der Waals surface area contributed by atoms with Crippen LogP contribution in [0.4, 0.5) is 18.9 Å². The number of aromatic nitrogens is 2. The summed E-state index contributed by atoms with van der Waals surface area (Å²) in [7, 11) is 0. The molecule has 0 aromatic carbocycles. The van der Waals surface area contributed by atoms with Gasteiger partial charge >= 0.3 is 6.18 Å². The van der Waals surface area contributed by atoms with Crippen molar-refractivity contribution in [3.63, 3.8) is 0 Å². The van der Waals surface area contributed by atoms with Crippen molar-refractivity contribution < 1.29 is 13.2 Å². The van der Waals surface area contributed by atoms with Crippen LogP contribution >= 0.6 is 0 Å². The molecule has 0 bridgehead atoms. The Kier molecular flexibility index (Phi) is 1.99. The molecule has 0 aliphatic rings. The molecule has 0 saturated heterocycles. The first kappa shape index (κ1) is 8.89. The molecule has 68 valence electrons. The van der Waals surface area contributed by atoms with Crippen LogP contribution in [-0.2, 0) is 12.7 Å². The van der Waals surface area contributed by atoms with Crippen LogP contribution in [0.15, 0.2) is 6.20 Å². The Balaban J connectivity index is 3.19. The number of anilines is 1. The lowest BCUT2D eigenvalue weighted by Crippen LogP contribution is -2.15. The standard InChI is InChI=1S/C6H8F3N3/c1-2-12-5(6(7,8)9)4(10)3-11-12/h3H,2,10H2,1H3. The Labute approximate surface area is 67.0 Å². The molecule has 0 unspecified atom stereocenters. The van der Waals surface area contributed by atoms with Gasteiger partial charge in [0.1, 0.15) is 0 Å². The Morgan fingerprint density at radius 1 is 1.58 bits per heavy atom. The van der Waals surface area contributed by atoms with Crippen LogP contribution < -0.4 is 5.73 Å². The molecule has 1 aromatic heterocycles. The minimum Gasteiger partial charge on any atom is -0.396 e. The second-order valence-electron chi connectivity index (χ2n) is 2.26. The van der Waals surface area contributed by atoms with Crippen molar-refractivity contribution in [1.82, 2.24) is 9.78 Å². The lowest BCUT2D eigenvalue weighted by Gasteiger charge is -2.08. The van der Waals surface area contributed by atoms with Crippen LogP contribution in [0.1, 0.15) is 12.6 Å². The third kappa shape index (κ3) is 1.37. The maximum absolute atomic E-state index is 12.2. The van der Waals surface area contributed by atoms with E-state index in [0.29, 0.717) is 0 Å². The summed E-state index contributed by atoms with van der Waals surface area (Å²) in [6.07, 6.45) is -3.41. The predicted octanol–water partition coefficient (Wildman–Crippen LogP) is 1.50. The number of hydrogen-bond donors (Lipinski definition) is 1. The maximum Gasteiger partial charge on any atom is 0.435 e. The largest absolute Gasteiger partial charge is 0.435 e. The highest BCUT2D eigenvalue weighted by molar-refractivity contribution is 5.42. The van der Waals surface area contributed by atoms with Gasteiger partial charge in [-0.3, -0.25) is 4.68 Å². The molecule has 2 N–H and O–H groups in total. The van der Waals surface area contributed by atoms with Gasteiger partial charge < -0.3 is 5.73 Å². The number of nitrogens with two attached hydrogens (primary N) is 1. The van der Waals surface area contributed by atoms with Crippen molar-refractivity contribution in [1.29, 1.82) is 0 Å². The Bertz CT molecular complexity index is 276. The van der Waals surface area contributed by atoms with Gasteiger partial charge in [-0.1, -0.05) is 0 Å². The van der Waals surface area contributed by atoms with Gasteiger partial charge in [-0.05, 0) is 6.92 Å². The molecule has 1 heterocycles. The van der Waals surface area contributed by atoms with Crippen molar-refractivity contribution in [3.8, 4) is 0 Å². The number of halogens is 3. The first-order valence-corrected chi connectivity index (χ1v) is 3.35. The van der Waals surface area contributed by atoms with E-state index in [2.05, 4.69) is 5.10 Å². The number of hydrogen-bond acceptors (Lipinski definition) is 2. The smallest absolute Gasteiger partial charge is 0.396 e. The van der Waals surface area contributed by atoms with Crippen LogP contribution in [0.2, 0.25) is 0 Å². The molecule has 0 amide bonds. The van der Waals surface area contributed by atoms with Gasteiger partial charge in [0.05, 0.1) is 11.9 Å². The summed E-state index contributed by atoms with van der Waals surface area (Å²) in [5.41, 5.74) is 3.90. The number of alkyl halides is 3. The minimum atomic E-state index is -4.42. The van der Waals surface area contributed by atoms with Gasteiger partial charge in [0.25, 0.3) is 0 Å². The van der Waals surface area contributed by atoms with E-state index in [4.69, 9.17) is 5.73 Å². The van der Waals surface area contributed by atoms with Crippen molar-refractivity contribution in [2.75, 3.05) is 5.73 Å². The molecule has 0 atom stereocenters. The van der Waals surface area contributed by atoms with Crippen LogP contribution in [-0.4, -0.2) is 9.78 Å². The molecule has 0 fully saturated rings. The monoisotopic (exact) mass is 179 g/mol. The second-order valence-corrected chi connectivity index (χ2v) is 2.26. The number of nitrogen functional groups attached to an aromatic ring is 1. The van der Waals surface area contributed by atoms with E-state index in [-0.39, 0.29) is 12.2 Å². The van der Waals surface area contributed by atoms with E-state index >= 15 is 0 Å². The van der Waals surface area contributed by atoms with E-state index < -0.39 is 11.9 Å². The SMILES string of the molecule is CCn1ncc(N)c1C(F)(F)F. The highest BCUT2D eigenvalue weighted by atomic mass is 19.4. The van der Waals surface area contributed by atoms with E-state index in [1.54, 1.807) is 6.92 Å². The first-order chi connectivity index (χ1) is 5.46. The van der Waals surface area contributed by atoms with Gasteiger partial charge in [-0.25, -0.2) is 0 Å². The molecule has 0 aliphatic carbocycles. The molecule has 1 aromatic rings. The van der Waals surface area contributed by atoms with Crippen molar-refractivity contribution in [2.45, 2.75) is 19.6 Å². The van der Waals surface area contributed by atoms with E-state index in [9.17, 15) is 13.2 Å². The summed E-state index contributed by atoms with van der Waals surface area (Å²) in [6, 6.07) is 0.